The van der Waals surface area contributed by atoms with Gasteiger partial charge in [0, 0.05) is 10.5 Å². The van der Waals surface area contributed by atoms with E-state index in [1.54, 1.807) is 23.9 Å². The molecule has 0 radical (unpaired) electrons. The van der Waals surface area contributed by atoms with E-state index in [4.69, 9.17) is 5.26 Å². The Morgan fingerprint density at radius 3 is 2.25 bits per heavy atom. The Hall–Kier alpha value is -1.27. The van der Waals surface area contributed by atoms with E-state index in [-0.39, 0.29) is 11.7 Å². The second kappa shape index (κ2) is 5.72. The molecule has 1 aromatic carbocycles. The first-order valence-corrected chi connectivity index (χ1v) is 6.40. The Bertz CT molecular complexity index is 403. The number of Topliss-reactive ketones (excluding diaryl/α,β-unsaturated/α-hetero) is 1. The fourth-order valence-corrected chi connectivity index (χ4v) is 1.85. The topological polar surface area (TPSA) is 40.9 Å². The van der Waals surface area contributed by atoms with Crippen molar-refractivity contribution < 1.29 is 4.79 Å². The van der Waals surface area contributed by atoms with E-state index in [1.165, 1.54) is 0 Å². The van der Waals surface area contributed by atoms with Crippen LogP contribution in [0.15, 0.2) is 29.2 Å². The van der Waals surface area contributed by atoms with Gasteiger partial charge in [0.2, 0.25) is 0 Å². The van der Waals surface area contributed by atoms with Crippen LogP contribution in [-0.4, -0.2) is 12.0 Å². The summed E-state index contributed by atoms with van der Waals surface area (Å²) in [5.41, 5.74) is 0.623. The van der Waals surface area contributed by atoms with Crippen LogP contribution in [0.4, 0.5) is 0 Å². The number of carbonyl (C=O) groups is 1. The van der Waals surface area contributed by atoms with Gasteiger partial charge < -0.3 is 0 Å². The third-order valence-corrected chi connectivity index (χ3v) is 3.21. The lowest BCUT2D eigenvalue weighted by Gasteiger charge is -2.11. The highest BCUT2D eigenvalue weighted by Crippen LogP contribution is 2.19. The van der Waals surface area contributed by atoms with Crippen molar-refractivity contribution in [2.45, 2.75) is 18.7 Å². The predicted octanol–water partition coefficient (Wildman–Crippen LogP) is 3.39. The van der Waals surface area contributed by atoms with Gasteiger partial charge in [0.25, 0.3) is 0 Å². The third kappa shape index (κ3) is 2.86. The zero-order chi connectivity index (χ0) is 12.1. The first-order chi connectivity index (χ1) is 7.60. The number of nitrogens with zero attached hydrogens (tertiary/aromatic N) is 1. The number of benzene rings is 1. The molecule has 3 heteroatoms. The van der Waals surface area contributed by atoms with Crippen molar-refractivity contribution in [1.82, 2.24) is 0 Å². The van der Waals surface area contributed by atoms with E-state index >= 15 is 0 Å². The number of ketones is 1. The molecule has 84 valence electrons. The van der Waals surface area contributed by atoms with Crippen molar-refractivity contribution >= 4 is 17.5 Å². The molecule has 0 aliphatic rings. The highest BCUT2D eigenvalue weighted by atomic mass is 32.2. The summed E-state index contributed by atoms with van der Waals surface area (Å²) in [5, 5.41) is 8.95. The van der Waals surface area contributed by atoms with Crippen molar-refractivity contribution in [2.75, 3.05) is 6.26 Å². The molecule has 0 aliphatic heterocycles. The quantitative estimate of drug-likeness (QED) is 0.591. The van der Waals surface area contributed by atoms with Crippen LogP contribution < -0.4 is 0 Å². The van der Waals surface area contributed by atoms with Crippen molar-refractivity contribution in [3.8, 4) is 6.07 Å². The van der Waals surface area contributed by atoms with Gasteiger partial charge in [-0.3, -0.25) is 4.79 Å². The Balaban J connectivity index is 2.92. The largest absolute Gasteiger partial charge is 0.293 e. The lowest BCUT2D eigenvalue weighted by Crippen LogP contribution is -2.18. The molecular weight excluding hydrogens is 218 g/mol. The maximum absolute atomic E-state index is 12.0. The lowest BCUT2D eigenvalue weighted by molar-refractivity contribution is 0.0924. The second-order valence-corrected chi connectivity index (χ2v) is 4.82. The summed E-state index contributed by atoms with van der Waals surface area (Å²) >= 11 is 1.63. The molecule has 0 heterocycles. The molecule has 0 saturated heterocycles. The number of hydrogen-bond acceptors (Lipinski definition) is 3. The van der Waals surface area contributed by atoms with Crippen LogP contribution in [0.3, 0.4) is 0 Å². The third-order valence-electron chi connectivity index (χ3n) is 2.46. The molecule has 1 atom stereocenters. The summed E-state index contributed by atoms with van der Waals surface area (Å²) in [4.78, 5) is 13.1. The molecule has 16 heavy (non-hydrogen) atoms. The molecule has 2 nitrogen and oxygen atoms in total. The van der Waals surface area contributed by atoms with Gasteiger partial charge in [-0.1, -0.05) is 26.0 Å². The Kier molecular flexibility index (Phi) is 4.57. The van der Waals surface area contributed by atoms with E-state index in [1.807, 2.05) is 32.2 Å². The van der Waals surface area contributed by atoms with Gasteiger partial charge in [0.05, 0.1) is 6.07 Å². The minimum Gasteiger partial charge on any atom is -0.293 e. The molecule has 0 spiro atoms. The van der Waals surface area contributed by atoms with Gasteiger partial charge in [-0.2, -0.15) is 5.26 Å². The first kappa shape index (κ1) is 12.8. The molecule has 0 aromatic heterocycles. The lowest BCUT2D eigenvalue weighted by atomic mass is 9.89. The fourth-order valence-electron chi connectivity index (χ4n) is 1.45. The second-order valence-electron chi connectivity index (χ2n) is 3.94. The summed E-state index contributed by atoms with van der Waals surface area (Å²) < 4.78 is 0. The monoisotopic (exact) mass is 233 g/mol. The van der Waals surface area contributed by atoms with Crippen LogP contribution in [0.1, 0.15) is 24.2 Å². The van der Waals surface area contributed by atoms with Gasteiger partial charge in [0.15, 0.2) is 5.78 Å². The maximum Gasteiger partial charge on any atom is 0.180 e. The summed E-state index contributed by atoms with van der Waals surface area (Å²) in [6.07, 6.45) is 1.99. The highest BCUT2D eigenvalue weighted by Gasteiger charge is 2.22. The number of thioether (sulfide) groups is 1. The molecule has 1 unspecified atom stereocenters. The van der Waals surface area contributed by atoms with E-state index in [0.29, 0.717) is 5.56 Å². The molecular formula is C13H15NOS. The smallest absolute Gasteiger partial charge is 0.180 e. The predicted molar refractivity (Wildman–Crippen MR) is 66.5 cm³/mol. The van der Waals surface area contributed by atoms with Gasteiger partial charge in [-0.25, -0.2) is 0 Å². The number of carbonyl (C=O) groups excluding carboxylic acids is 1. The standard InChI is InChI=1S/C13H15NOS/c1-9(2)12(8-14)13(15)10-4-6-11(16-3)7-5-10/h4-7,9,12H,1-3H3. The molecule has 1 aromatic rings. The molecule has 0 fully saturated rings. The minimum atomic E-state index is -0.542. The summed E-state index contributed by atoms with van der Waals surface area (Å²) in [5.74, 6) is -0.567. The summed E-state index contributed by atoms with van der Waals surface area (Å²) in [6, 6.07) is 9.48. The van der Waals surface area contributed by atoms with E-state index in [2.05, 4.69) is 6.07 Å². The SMILES string of the molecule is CSc1ccc(C(=O)C(C#N)C(C)C)cc1. The summed E-state index contributed by atoms with van der Waals surface area (Å²) in [6.45, 7) is 3.78. The fraction of sp³-hybridized carbons (Fsp3) is 0.385. The zero-order valence-corrected chi connectivity index (χ0v) is 10.5. The Morgan fingerprint density at radius 1 is 1.31 bits per heavy atom. The molecule has 0 aliphatic carbocycles. The van der Waals surface area contributed by atoms with Gasteiger partial charge >= 0.3 is 0 Å². The van der Waals surface area contributed by atoms with Crippen LogP contribution in [0.5, 0.6) is 0 Å². The Morgan fingerprint density at radius 2 is 1.88 bits per heavy atom. The number of nitriles is 1. The van der Waals surface area contributed by atoms with Crippen molar-refractivity contribution in [2.24, 2.45) is 11.8 Å². The normalized spacial score (nSPS) is 12.2. The average Bonchev–Trinajstić information content (AvgIpc) is 2.29. The van der Waals surface area contributed by atoms with Gasteiger partial charge in [0.1, 0.15) is 5.92 Å². The Labute approximate surface area is 101 Å². The number of hydrogen-bond donors (Lipinski definition) is 0. The molecule has 1 rings (SSSR count). The van der Waals surface area contributed by atoms with Crippen molar-refractivity contribution in [3.05, 3.63) is 29.8 Å². The highest BCUT2D eigenvalue weighted by molar-refractivity contribution is 7.98. The van der Waals surface area contributed by atoms with E-state index in [9.17, 15) is 4.79 Å². The summed E-state index contributed by atoms with van der Waals surface area (Å²) in [7, 11) is 0. The molecule has 0 bridgehead atoms. The average molecular weight is 233 g/mol. The van der Waals surface area contributed by atoms with Crippen molar-refractivity contribution in [3.63, 3.8) is 0 Å². The van der Waals surface area contributed by atoms with Crippen LogP contribution in [-0.2, 0) is 0 Å². The van der Waals surface area contributed by atoms with E-state index < -0.39 is 5.92 Å². The van der Waals surface area contributed by atoms with E-state index in [0.717, 1.165) is 4.90 Å². The minimum absolute atomic E-state index is 0.0535. The number of rotatable bonds is 4. The van der Waals surface area contributed by atoms with Gasteiger partial charge in [-0.15, -0.1) is 11.8 Å². The maximum atomic E-state index is 12.0. The van der Waals surface area contributed by atoms with Gasteiger partial charge in [-0.05, 0) is 24.3 Å². The zero-order valence-electron chi connectivity index (χ0n) is 9.73. The molecule has 0 N–H and O–H groups in total. The van der Waals surface area contributed by atoms with Crippen LogP contribution in [0.2, 0.25) is 0 Å². The van der Waals surface area contributed by atoms with Crippen LogP contribution >= 0.6 is 11.8 Å². The first-order valence-electron chi connectivity index (χ1n) is 5.18. The molecule has 0 amide bonds. The molecule has 0 saturated carbocycles. The van der Waals surface area contributed by atoms with Crippen LogP contribution in [0, 0.1) is 23.2 Å². The van der Waals surface area contributed by atoms with Crippen molar-refractivity contribution in [1.29, 1.82) is 5.26 Å². The van der Waals surface area contributed by atoms with Crippen LogP contribution in [0.25, 0.3) is 0 Å².